The molecule has 21 heavy (non-hydrogen) atoms. The zero-order valence-electron chi connectivity index (χ0n) is 11.6. The number of hydrogen-bond acceptors (Lipinski definition) is 3. The summed E-state index contributed by atoms with van der Waals surface area (Å²) in [5, 5.41) is 3.56. The predicted octanol–water partition coefficient (Wildman–Crippen LogP) is 3.10. The summed E-state index contributed by atoms with van der Waals surface area (Å²) in [6, 6.07) is 4.44. The van der Waals surface area contributed by atoms with Crippen LogP contribution in [0.15, 0.2) is 54.0 Å². The van der Waals surface area contributed by atoms with Crippen LogP contribution < -0.4 is 5.32 Å². The second-order valence-corrected chi connectivity index (χ2v) is 6.01. The first-order valence-corrected chi connectivity index (χ1v) is 7.45. The lowest BCUT2D eigenvalue weighted by Gasteiger charge is -2.46. The van der Waals surface area contributed by atoms with E-state index in [0.717, 1.165) is 30.4 Å². The third-order valence-electron chi connectivity index (χ3n) is 4.99. The lowest BCUT2D eigenvalue weighted by atomic mass is 9.61. The summed E-state index contributed by atoms with van der Waals surface area (Å²) in [6.07, 6.45) is 14.8. The number of allylic oxidation sites excluding steroid dienone is 4. The Morgan fingerprint density at radius 1 is 1.10 bits per heavy atom. The van der Waals surface area contributed by atoms with Crippen molar-refractivity contribution in [1.82, 2.24) is 15.3 Å². The molecule has 2 bridgehead atoms. The van der Waals surface area contributed by atoms with Crippen molar-refractivity contribution in [2.45, 2.75) is 18.3 Å². The Hall–Kier alpha value is -2.42. The van der Waals surface area contributed by atoms with Gasteiger partial charge in [0.2, 0.25) is 0 Å². The smallest absolute Gasteiger partial charge is 0.0892 e. The first-order chi connectivity index (χ1) is 10.4. The topological polar surface area (TPSA) is 37.8 Å². The molecule has 1 unspecified atom stereocenters. The molecule has 1 atom stereocenters. The largest absolute Gasteiger partial charge is 0.385 e. The predicted molar refractivity (Wildman–Crippen MR) is 83.7 cm³/mol. The summed E-state index contributed by atoms with van der Waals surface area (Å²) in [6.45, 7) is 1.04. The van der Waals surface area contributed by atoms with E-state index in [4.69, 9.17) is 0 Å². The molecule has 2 heterocycles. The van der Waals surface area contributed by atoms with E-state index >= 15 is 0 Å². The number of nitrogens with one attached hydrogen (secondary N) is 1. The van der Waals surface area contributed by atoms with Gasteiger partial charge in [-0.3, -0.25) is 9.97 Å². The van der Waals surface area contributed by atoms with Crippen LogP contribution >= 0.6 is 0 Å². The monoisotopic (exact) mass is 273 g/mol. The molecule has 0 radical (unpaired) electrons. The van der Waals surface area contributed by atoms with Crippen LogP contribution in [0.25, 0.3) is 17.1 Å². The summed E-state index contributed by atoms with van der Waals surface area (Å²) in [5.41, 5.74) is 7.52. The van der Waals surface area contributed by atoms with E-state index in [2.05, 4.69) is 51.7 Å². The Balaban J connectivity index is 1.88. The van der Waals surface area contributed by atoms with E-state index in [-0.39, 0.29) is 5.41 Å². The van der Waals surface area contributed by atoms with E-state index < -0.39 is 0 Å². The molecule has 5 rings (SSSR count). The maximum Gasteiger partial charge on any atom is 0.0892 e. The number of benzene rings is 1. The second-order valence-electron chi connectivity index (χ2n) is 6.01. The lowest BCUT2D eigenvalue weighted by molar-refractivity contribution is 0.419. The van der Waals surface area contributed by atoms with Crippen molar-refractivity contribution in [3.63, 3.8) is 0 Å². The second kappa shape index (κ2) is 3.82. The summed E-state index contributed by atoms with van der Waals surface area (Å²) in [7, 11) is 0. The Morgan fingerprint density at radius 3 is 2.86 bits per heavy atom. The van der Waals surface area contributed by atoms with Gasteiger partial charge >= 0.3 is 0 Å². The van der Waals surface area contributed by atoms with Crippen LogP contribution in [0.3, 0.4) is 0 Å². The number of fused-ring (bicyclic) bond motifs is 2. The molecule has 3 heteroatoms. The average molecular weight is 273 g/mol. The Labute approximate surface area is 123 Å². The van der Waals surface area contributed by atoms with E-state index in [1.807, 2.05) is 0 Å². The number of aromatic nitrogens is 2. The molecule has 1 aliphatic heterocycles. The third kappa shape index (κ3) is 1.38. The van der Waals surface area contributed by atoms with Gasteiger partial charge in [-0.15, -0.1) is 0 Å². The average Bonchev–Trinajstić information content (AvgIpc) is 2.53. The van der Waals surface area contributed by atoms with Gasteiger partial charge in [-0.2, -0.15) is 0 Å². The highest BCUT2D eigenvalue weighted by molar-refractivity contribution is 5.83. The maximum absolute atomic E-state index is 4.49. The van der Waals surface area contributed by atoms with Crippen LogP contribution in [-0.4, -0.2) is 16.5 Å². The van der Waals surface area contributed by atoms with E-state index in [9.17, 15) is 0 Å². The van der Waals surface area contributed by atoms with Crippen LogP contribution in [0.5, 0.6) is 0 Å². The zero-order chi connectivity index (χ0) is 13.9. The van der Waals surface area contributed by atoms with Gasteiger partial charge in [0.15, 0.2) is 0 Å². The van der Waals surface area contributed by atoms with Crippen molar-refractivity contribution in [1.29, 1.82) is 0 Å². The Kier molecular flexibility index (Phi) is 2.05. The highest BCUT2D eigenvalue weighted by Gasteiger charge is 2.43. The van der Waals surface area contributed by atoms with Crippen molar-refractivity contribution in [2.24, 2.45) is 0 Å². The number of hydrogen-bond donors (Lipinski definition) is 1. The molecule has 1 aromatic heterocycles. The molecule has 102 valence electrons. The van der Waals surface area contributed by atoms with E-state index in [0.29, 0.717) is 0 Å². The quantitative estimate of drug-likeness (QED) is 0.801. The van der Waals surface area contributed by atoms with Crippen molar-refractivity contribution in [3.8, 4) is 0 Å². The van der Waals surface area contributed by atoms with Gasteiger partial charge in [0, 0.05) is 30.1 Å². The van der Waals surface area contributed by atoms with Gasteiger partial charge in [-0.05, 0) is 47.8 Å². The zero-order valence-corrected chi connectivity index (χ0v) is 11.6. The summed E-state index contributed by atoms with van der Waals surface area (Å²) in [4.78, 5) is 8.94. The van der Waals surface area contributed by atoms with Crippen LogP contribution in [0.2, 0.25) is 0 Å². The standard InChI is InChI=1S/C18H15N3/c1-2-4-18-5-6-19-15(13(18)3-1)9-12-10-16-17(11-14(12)18)21-8-7-20-16/h1-3,7-11,19H,4-6H2. The molecular formula is C18H15N3. The first-order valence-electron chi connectivity index (χ1n) is 7.45. The highest BCUT2D eigenvalue weighted by atomic mass is 14.9. The first kappa shape index (κ1) is 11.3. The van der Waals surface area contributed by atoms with Crippen LogP contribution in [0.4, 0.5) is 0 Å². The van der Waals surface area contributed by atoms with Crippen molar-refractivity contribution < 1.29 is 0 Å². The van der Waals surface area contributed by atoms with Crippen molar-refractivity contribution in [3.05, 3.63) is 65.2 Å². The summed E-state index contributed by atoms with van der Waals surface area (Å²) < 4.78 is 0. The van der Waals surface area contributed by atoms with Gasteiger partial charge in [0.1, 0.15) is 0 Å². The number of rotatable bonds is 0. The fourth-order valence-corrected chi connectivity index (χ4v) is 4.03. The molecule has 3 aliphatic rings. The summed E-state index contributed by atoms with van der Waals surface area (Å²) >= 11 is 0. The lowest BCUT2D eigenvalue weighted by Crippen LogP contribution is -2.43. The molecule has 1 N–H and O–H groups in total. The van der Waals surface area contributed by atoms with Crippen LogP contribution in [0, 0.1) is 0 Å². The molecule has 2 aliphatic carbocycles. The molecule has 1 fully saturated rings. The van der Waals surface area contributed by atoms with Gasteiger partial charge in [0.05, 0.1) is 11.0 Å². The van der Waals surface area contributed by atoms with Gasteiger partial charge in [-0.25, -0.2) is 0 Å². The maximum atomic E-state index is 4.49. The number of piperidine rings is 1. The van der Waals surface area contributed by atoms with Gasteiger partial charge < -0.3 is 5.32 Å². The minimum Gasteiger partial charge on any atom is -0.385 e. The molecule has 1 saturated heterocycles. The van der Waals surface area contributed by atoms with Gasteiger partial charge in [0.25, 0.3) is 0 Å². The summed E-state index contributed by atoms with van der Waals surface area (Å²) in [5.74, 6) is 0. The molecule has 3 nitrogen and oxygen atoms in total. The van der Waals surface area contributed by atoms with Crippen LogP contribution in [-0.2, 0) is 5.41 Å². The molecule has 2 aromatic rings. The highest BCUT2D eigenvalue weighted by Crippen LogP contribution is 2.51. The van der Waals surface area contributed by atoms with Crippen LogP contribution in [0.1, 0.15) is 24.0 Å². The number of nitrogens with zero attached hydrogens (tertiary/aromatic N) is 2. The van der Waals surface area contributed by atoms with Crippen molar-refractivity contribution in [2.75, 3.05) is 6.54 Å². The van der Waals surface area contributed by atoms with Crippen molar-refractivity contribution >= 4 is 17.1 Å². The normalized spacial score (nSPS) is 25.5. The third-order valence-corrected chi connectivity index (χ3v) is 4.99. The fraction of sp³-hybridized carbons (Fsp3) is 0.222. The minimum absolute atomic E-state index is 0.130. The fourth-order valence-electron chi connectivity index (χ4n) is 4.03. The van der Waals surface area contributed by atoms with E-state index in [1.165, 1.54) is 22.4 Å². The van der Waals surface area contributed by atoms with Gasteiger partial charge in [-0.1, -0.05) is 18.2 Å². The molecule has 0 spiro atoms. The Bertz CT molecular complexity index is 860. The minimum atomic E-state index is 0.130. The molecule has 0 amide bonds. The van der Waals surface area contributed by atoms with E-state index in [1.54, 1.807) is 12.4 Å². The SMILES string of the molecule is C1=CCC23CCNC(=Cc4cc5nccnc5cc42)C3=C1. The Morgan fingerprint density at radius 2 is 1.95 bits per heavy atom. The molecular weight excluding hydrogens is 258 g/mol. The molecule has 1 aromatic carbocycles. The molecule has 0 saturated carbocycles.